The van der Waals surface area contributed by atoms with Crippen molar-refractivity contribution in [2.24, 2.45) is 0 Å². The number of benzene rings is 2. The van der Waals surface area contributed by atoms with Gasteiger partial charge in [0.1, 0.15) is 0 Å². The van der Waals surface area contributed by atoms with E-state index in [1.807, 2.05) is 28.8 Å². The Kier molecular flexibility index (Phi) is 7.31. The highest BCUT2D eigenvalue weighted by Crippen LogP contribution is 2.20. The highest BCUT2D eigenvalue weighted by atomic mass is 32.2. The largest absolute Gasteiger partial charge is 0.419 e. The van der Waals surface area contributed by atoms with Gasteiger partial charge in [-0.15, -0.1) is 0 Å². The number of nitrogens with zero attached hydrogens (tertiary/aromatic N) is 3. The van der Waals surface area contributed by atoms with Gasteiger partial charge in [-0.25, -0.2) is 4.79 Å². The molecule has 178 valence electrons. The highest BCUT2D eigenvalue weighted by Gasteiger charge is 2.17. The van der Waals surface area contributed by atoms with Gasteiger partial charge in [0.05, 0.1) is 22.9 Å². The second kappa shape index (κ2) is 10.6. The van der Waals surface area contributed by atoms with Crippen molar-refractivity contribution < 1.29 is 18.9 Å². The topological polar surface area (TPSA) is 128 Å². The van der Waals surface area contributed by atoms with E-state index < -0.39 is 10.7 Å². The number of hydrogen-bond acceptors (Lipinski definition) is 7. The molecule has 2 aromatic carbocycles. The van der Waals surface area contributed by atoms with Gasteiger partial charge < -0.3 is 14.6 Å². The quantitative estimate of drug-likeness (QED) is 0.384. The molecule has 1 N–H and O–H groups in total. The Hall–Kier alpha value is -3.60. The minimum atomic E-state index is -0.621. The summed E-state index contributed by atoms with van der Waals surface area (Å²) in [6, 6.07) is 11.2. The van der Waals surface area contributed by atoms with Crippen LogP contribution in [0, 0.1) is 10.1 Å². The number of aromatic nitrogens is 1. The number of anilines is 1. The normalized spacial score (nSPS) is 13.7. The lowest BCUT2D eigenvalue weighted by atomic mass is 10.1. The van der Waals surface area contributed by atoms with E-state index in [9.17, 15) is 24.5 Å². The lowest BCUT2D eigenvalue weighted by molar-refractivity contribution is -0.384. The van der Waals surface area contributed by atoms with Crippen LogP contribution >= 0.6 is 11.8 Å². The molecule has 1 aliphatic rings. The molecule has 2 amide bonds. The number of nitrogens with one attached hydrogen (secondary N) is 1. The minimum absolute atomic E-state index is 0.119. The van der Waals surface area contributed by atoms with Crippen molar-refractivity contribution in [3.8, 4) is 0 Å². The van der Waals surface area contributed by atoms with Crippen LogP contribution in [0.15, 0.2) is 51.7 Å². The number of nitro benzene ring substituents is 1. The molecule has 0 bridgehead atoms. The Balaban J connectivity index is 1.27. The Labute approximate surface area is 199 Å². The van der Waals surface area contributed by atoms with Crippen molar-refractivity contribution >= 4 is 46.1 Å². The monoisotopic (exact) mass is 484 g/mol. The number of hydrogen-bond donors (Lipinski definition) is 1. The zero-order valence-electron chi connectivity index (χ0n) is 18.4. The zero-order valence-corrected chi connectivity index (χ0v) is 19.2. The lowest BCUT2D eigenvalue weighted by Gasteiger charge is -2.26. The maximum atomic E-state index is 12.4. The molecule has 0 spiro atoms. The summed E-state index contributed by atoms with van der Waals surface area (Å²) >= 11 is 1.86. The fraction of sp³-hybridized carbons (Fsp3) is 0.348. The van der Waals surface area contributed by atoms with E-state index in [1.54, 1.807) is 12.1 Å². The molecule has 3 aromatic rings. The molecule has 11 heteroatoms. The van der Waals surface area contributed by atoms with Crippen LogP contribution in [0.5, 0.6) is 0 Å². The van der Waals surface area contributed by atoms with Gasteiger partial charge in [-0.2, -0.15) is 11.8 Å². The van der Waals surface area contributed by atoms with E-state index in [0.29, 0.717) is 24.0 Å². The molecule has 0 saturated carbocycles. The average molecular weight is 485 g/mol. The molecule has 0 atom stereocenters. The number of aryl methyl sites for hydroxylation is 1. The number of oxazole rings is 1. The van der Waals surface area contributed by atoms with Crippen LogP contribution in [0.3, 0.4) is 0 Å². The number of amides is 2. The van der Waals surface area contributed by atoms with Gasteiger partial charge in [-0.05, 0) is 30.2 Å². The molecule has 0 aliphatic carbocycles. The molecule has 1 aromatic heterocycles. The summed E-state index contributed by atoms with van der Waals surface area (Å²) in [6.07, 6.45) is 0.910. The van der Waals surface area contributed by atoms with Crippen LogP contribution in [-0.2, 0) is 22.6 Å². The third kappa shape index (κ3) is 5.66. The second-order valence-corrected chi connectivity index (χ2v) is 9.17. The van der Waals surface area contributed by atoms with E-state index in [-0.39, 0.29) is 36.1 Å². The van der Waals surface area contributed by atoms with Crippen LogP contribution in [0.1, 0.15) is 18.4 Å². The predicted octanol–water partition coefficient (Wildman–Crippen LogP) is 3.04. The SMILES string of the molecule is O=C(CCCn1c(=O)oc2cc([N+](=O)[O-])ccc21)Nc1ccc(CC(=O)N2CCSCC2)cc1. The second-order valence-electron chi connectivity index (χ2n) is 7.95. The van der Waals surface area contributed by atoms with Crippen molar-refractivity contribution in [1.82, 2.24) is 9.47 Å². The summed E-state index contributed by atoms with van der Waals surface area (Å²) < 4.78 is 6.45. The standard InChI is InChI=1S/C23H24N4O6S/c28-21(2-1-9-26-19-8-7-18(27(31)32)15-20(19)33-23(26)30)24-17-5-3-16(4-6-17)14-22(29)25-10-12-34-13-11-25/h3-8,15H,1-2,9-14H2,(H,24,28). The molecule has 1 fully saturated rings. The van der Waals surface area contributed by atoms with E-state index in [4.69, 9.17) is 4.42 Å². The van der Waals surface area contributed by atoms with Crippen molar-refractivity contribution in [2.45, 2.75) is 25.8 Å². The van der Waals surface area contributed by atoms with E-state index in [0.717, 1.165) is 30.2 Å². The lowest BCUT2D eigenvalue weighted by Crippen LogP contribution is -2.38. The summed E-state index contributed by atoms with van der Waals surface area (Å²) in [6.45, 7) is 1.82. The Morgan fingerprint density at radius 2 is 1.85 bits per heavy atom. The van der Waals surface area contributed by atoms with E-state index in [1.165, 1.54) is 22.8 Å². The Morgan fingerprint density at radius 3 is 2.56 bits per heavy atom. The third-order valence-electron chi connectivity index (χ3n) is 5.61. The number of fused-ring (bicyclic) bond motifs is 1. The first-order valence-corrected chi connectivity index (χ1v) is 12.1. The van der Waals surface area contributed by atoms with Crippen molar-refractivity contribution in [3.05, 3.63) is 68.7 Å². The van der Waals surface area contributed by atoms with Crippen LogP contribution in [0.2, 0.25) is 0 Å². The fourth-order valence-corrected chi connectivity index (χ4v) is 4.71. The van der Waals surface area contributed by atoms with Crippen LogP contribution in [0.25, 0.3) is 11.1 Å². The van der Waals surface area contributed by atoms with Gasteiger partial charge in [0, 0.05) is 49.3 Å². The molecule has 4 rings (SSSR count). The predicted molar refractivity (Wildman–Crippen MR) is 129 cm³/mol. The van der Waals surface area contributed by atoms with E-state index in [2.05, 4.69) is 5.32 Å². The Morgan fingerprint density at radius 1 is 1.12 bits per heavy atom. The smallest absolute Gasteiger partial charge is 0.407 e. The van der Waals surface area contributed by atoms with Gasteiger partial charge in [-0.3, -0.25) is 24.3 Å². The van der Waals surface area contributed by atoms with Crippen LogP contribution in [0.4, 0.5) is 11.4 Å². The fourth-order valence-electron chi connectivity index (χ4n) is 3.81. The average Bonchev–Trinajstić information content (AvgIpc) is 3.15. The maximum Gasteiger partial charge on any atom is 0.419 e. The highest BCUT2D eigenvalue weighted by molar-refractivity contribution is 7.99. The van der Waals surface area contributed by atoms with Gasteiger partial charge in [0.25, 0.3) is 5.69 Å². The summed E-state index contributed by atoms with van der Waals surface area (Å²) in [5.41, 5.74) is 1.96. The summed E-state index contributed by atoms with van der Waals surface area (Å²) in [7, 11) is 0. The van der Waals surface area contributed by atoms with Gasteiger partial charge >= 0.3 is 5.76 Å². The molecular weight excluding hydrogens is 460 g/mol. The summed E-state index contributed by atoms with van der Waals surface area (Å²) in [5, 5.41) is 13.7. The molecule has 10 nitrogen and oxygen atoms in total. The maximum absolute atomic E-state index is 12.4. The molecule has 1 aliphatic heterocycles. The number of nitro groups is 1. The number of carbonyl (C=O) groups excluding carboxylic acids is 2. The summed E-state index contributed by atoms with van der Waals surface area (Å²) in [4.78, 5) is 49.0. The minimum Gasteiger partial charge on any atom is -0.407 e. The first-order chi connectivity index (χ1) is 16.4. The number of rotatable bonds is 8. The summed E-state index contributed by atoms with van der Waals surface area (Å²) in [5.74, 6) is 1.25. The molecule has 1 saturated heterocycles. The van der Waals surface area contributed by atoms with Crippen molar-refractivity contribution in [2.75, 3.05) is 29.9 Å². The number of thioether (sulfide) groups is 1. The molecular formula is C23H24N4O6S. The first-order valence-electron chi connectivity index (χ1n) is 10.9. The van der Waals surface area contributed by atoms with Gasteiger partial charge in [-0.1, -0.05) is 12.1 Å². The van der Waals surface area contributed by atoms with Crippen molar-refractivity contribution in [1.29, 1.82) is 0 Å². The number of non-ortho nitro benzene ring substituents is 1. The van der Waals surface area contributed by atoms with Crippen molar-refractivity contribution in [3.63, 3.8) is 0 Å². The van der Waals surface area contributed by atoms with Gasteiger partial charge in [0.15, 0.2) is 5.58 Å². The van der Waals surface area contributed by atoms with E-state index >= 15 is 0 Å². The molecule has 0 radical (unpaired) electrons. The van der Waals surface area contributed by atoms with Crippen LogP contribution < -0.4 is 11.1 Å². The molecule has 34 heavy (non-hydrogen) atoms. The Bertz CT molecular complexity index is 1260. The molecule has 2 heterocycles. The molecule has 0 unspecified atom stereocenters. The third-order valence-corrected chi connectivity index (χ3v) is 6.55. The van der Waals surface area contributed by atoms with Crippen LogP contribution in [-0.4, -0.2) is 50.8 Å². The first kappa shape index (κ1) is 23.6. The van der Waals surface area contributed by atoms with Gasteiger partial charge in [0.2, 0.25) is 11.8 Å². The number of carbonyl (C=O) groups is 2. The zero-order chi connectivity index (χ0) is 24.1.